The zero-order valence-corrected chi connectivity index (χ0v) is 14.9. The highest BCUT2D eigenvalue weighted by atomic mass is 19.1. The molecule has 0 bridgehead atoms. The summed E-state index contributed by atoms with van der Waals surface area (Å²) in [4.78, 5) is 33.6. The van der Waals surface area contributed by atoms with Crippen molar-refractivity contribution in [2.45, 2.75) is 26.4 Å². The molecule has 27 heavy (non-hydrogen) atoms. The number of benzene rings is 1. The lowest BCUT2D eigenvalue weighted by atomic mass is 10.2. The fourth-order valence-electron chi connectivity index (χ4n) is 2.21. The molecule has 2 aromatic heterocycles. The number of hydrogen-bond donors (Lipinski definition) is 2. The first-order valence-corrected chi connectivity index (χ1v) is 8.03. The number of fused-ring (bicyclic) bond motifs is 1. The zero-order chi connectivity index (χ0) is 19.6. The number of pyridine rings is 1. The predicted octanol–water partition coefficient (Wildman–Crippen LogP) is 3.60. The predicted molar refractivity (Wildman–Crippen MR) is 96.5 cm³/mol. The molecule has 2 N–H and O–H groups in total. The lowest BCUT2D eigenvalue weighted by Gasteiger charge is -2.19. The smallest absolute Gasteiger partial charge is 0.412 e. The molecule has 0 spiro atoms. The van der Waals surface area contributed by atoms with Crippen molar-refractivity contribution in [3.8, 4) is 11.5 Å². The van der Waals surface area contributed by atoms with Gasteiger partial charge in [0.25, 0.3) is 5.56 Å². The Kier molecular flexibility index (Phi) is 4.76. The molecule has 3 rings (SSSR count). The van der Waals surface area contributed by atoms with Crippen LogP contribution in [0.1, 0.15) is 20.8 Å². The van der Waals surface area contributed by atoms with Gasteiger partial charge >= 0.3 is 6.09 Å². The van der Waals surface area contributed by atoms with E-state index in [0.29, 0.717) is 11.3 Å². The highest BCUT2D eigenvalue weighted by Gasteiger charge is 2.17. The Labute approximate surface area is 153 Å². The number of halogens is 1. The van der Waals surface area contributed by atoms with E-state index >= 15 is 0 Å². The third-order valence-electron chi connectivity index (χ3n) is 3.24. The molecular formula is C18H17FN4O4. The first-order chi connectivity index (χ1) is 12.7. The van der Waals surface area contributed by atoms with Crippen LogP contribution in [0.2, 0.25) is 0 Å². The maximum absolute atomic E-state index is 14.3. The third kappa shape index (κ3) is 4.57. The largest absolute Gasteiger partial charge is 0.455 e. The van der Waals surface area contributed by atoms with Gasteiger partial charge in [-0.15, -0.1) is 0 Å². The van der Waals surface area contributed by atoms with E-state index in [-0.39, 0.29) is 17.1 Å². The van der Waals surface area contributed by atoms with Gasteiger partial charge in [0.2, 0.25) is 0 Å². The Morgan fingerprint density at radius 1 is 1.22 bits per heavy atom. The lowest BCUT2D eigenvalue weighted by molar-refractivity contribution is 0.0635. The summed E-state index contributed by atoms with van der Waals surface area (Å²) in [5.41, 5.74) is -0.550. The first kappa shape index (κ1) is 18.3. The minimum atomic E-state index is -0.761. The van der Waals surface area contributed by atoms with E-state index in [1.807, 2.05) is 0 Å². The minimum absolute atomic E-state index is 0.0429. The normalized spacial score (nSPS) is 11.3. The Morgan fingerprint density at radius 2 is 2.00 bits per heavy atom. The SMILES string of the molecule is CC(C)(C)OC(=O)Nc1ccc(Oc2ccnc3[nH]c(=O)cnc23)cc1F. The molecule has 1 aromatic carbocycles. The first-order valence-electron chi connectivity index (χ1n) is 8.03. The van der Waals surface area contributed by atoms with Crippen LogP contribution < -0.4 is 15.6 Å². The van der Waals surface area contributed by atoms with E-state index in [0.717, 1.165) is 12.3 Å². The van der Waals surface area contributed by atoms with Crippen molar-refractivity contribution in [2.75, 3.05) is 5.32 Å². The van der Waals surface area contributed by atoms with Crippen LogP contribution in [-0.4, -0.2) is 26.6 Å². The molecule has 3 aromatic rings. The molecule has 0 saturated heterocycles. The number of nitrogens with one attached hydrogen (secondary N) is 2. The second kappa shape index (κ2) is 7.02. The summed E-state index contributed by atoms with van der Waals surface area (Å²) in [6.45, 7) is 5.13. The number of aromatic amines is 1. The van der Waals surface area contributed by atoms with Crippen LogP contribution in [-0.2, 0) is 4.74 Å². The van der Waals surface area contributed by atoms with Crippen LogP contribution in [0.3, 0.4) is 0 Å². The molecule has 0 radical (unpaired) electrons. The van der Waals surface area contributed by atoms with Crippen molar-refractivity contribution in [2.24, 2.45) is 0 Å². The van der Waals surface area contributed by atoms with Gasteiger partial charge in [-0.2, -0.15) is 0 Å². The summed E-state index contributed by atoms with van der Waals surface area (Å²) in [6.07, 6.45) is 1.78. The molecule has 0 aliphatic carbocycles. The second-order valence-corrected chi connectivity index (χ2v) is 6.62. The Bertz CT molecular complexity index is 1060. The molecule has 2 heterocycles. The van der Waals surface area contributed by atoms with Gasteiger partial charge in [0.1, 0.15) is 16.9 Å². The van der Waals surface area contributed by atoms with Crippen LogP contribution in [0.15, 0.2) is 41.5 Å². The van der Waals surface area contributed by atoms with Crippen LogP contribution in [0.25, 0.3) is 11.2 Å². The number of aromatic nitrogens is 3. The third-order valence-corrected chi connectivity index (χ3v) is 3.24. The van der Waals surface area contributed by atoms with E-state index in [4.69, 9.17) is 9.47 Å². The van der Waals surface area contributed by atoms with Crippen molar-refractivity contribution in [1.82, 2.24) is 15.0 Å². The molecule has 0 unspecified atom stereocenters. The molecule has 0 atom stereocenters. The number of carbonyl (C=O) groups is 1. The molecule has 0 fully saturated rings. The molecule has 140 valence electrons. The number of H-pyrrole nitrogens is 1. The van der Waals surface area contributed by atoms with E-state index in [1.54, 1.807) is 26.8 Å². The van der Waals surface area contributed by atoms with E-state index < -0.39 is 23.1 Å². The highest BCUT2D eigenvalue weighted by Crippen LogP contribution is 2.28. The molecule has 9 heteroatoms. The summed E-state index contributed by atoms with van der Waals surface area (Å²) >= 11 is 0. The van der Waals surface area contributed by atoms with Gasteiger partial charge in [-0.1, -0.05) is 0 Å². The summed E-state index contributed by atoms with van der Waals surface area (Å²) in [5, 5.41) is 2.34. The zero-order valence-electron chi connectivity index (χ0n) is 14.9. The number of ether oxygens (including phenoxy) is 2. The quantitative estimate of drug-likeness (QED) is 0.728. The Balaban J connectivity index is 1.81. The standard InChI is InChI=1S/C18H17FN4O4/c1-18(2,3)27-17(25)22-12-5-4-10(8-11(12)19)26-13-6-7-20-16-15(13)21-9-14(24)23-16/h4-9H,1-3H3,(H,22,25)(H,20,23,24). The Hall–Kier alpha value is -3.49. The van der Waals surface area contributed by atoms with E-state index in [2.05, 4.69) is 20.3 Å². The van der Waals surface area contributed by atoms with Gasteiger partial charge in [0.15, 0.2) is 17.2 Å². The molecular weight excluding hydrogens is 355 g/mol. The summed E-state index contributed by atoms with van der Waals surface area (Å²) in [7, 11) is 0. The van der Waals surface area contributed by atoms with Crippen LogP contribution in [0.5, 0.6) is 11.5 Å². The van der Waals surface area contributed by atoms with Crippen LogP contribution in [0, 0.1) is 5.82 Å². The fourth-order valence-corrected chi connectivity index (χ4v) is 2.21. The fraction of sp³-hybridized carbons (Fsp3) is 0.222. The van der Waals surface area contributed by atoms with Gasteiger partial charge < -0.3 is 14.5 Å². The topological polar surface area (TPSA) is 106 Å². The van der Waals surface area contributed by atoms with Crippen molar-refractivity contribution in [3.05, 3.63) is 52.8 Å². The molecule has 1 amide bonds. The van der Waals surface area contributed by atoms with Gasteiger partial charge in [-0.25, -0.2) is 19.2 Å². The van der Waals surface area contributed by atoms with Crippen molar-refractivity contribution in [3.63, 3.8) is 0 Å². The van der Waals surface area contributed by atoms with Crippen molar-refractivity contribution in [1.29, 1.82) is 0 Å². The number of anilines is 1. The molecule has 0 aliphatic rings. The number of hydrogen-bond acceptors (Lipinski definition) is 6. The second-order valence-electron chi connectivity index (χ2n) is 6.62. The number of amides is 1. The minimum Gasteiger partial charge on any atom is -0.455 e. The Morgan fingerprint density at radius 3 is 2.70 bits per heavy atom. The van der Waals surface area contributed by atoms with Crippen molar-refractivity contribution >= 4 is 22.9 Å². The molecule has 0 aliphatic heterocycles. The number of carbonyl (C=O) groups excluding carboxylic acids is 1. The van der Waals surface area contributed by atoms with Gasteiger partial charge in [0.05, 0.1) is 11.9 Å². The molecule has 0 saturated carbocycles. The maximum Gasteiger partial charge on any atom is 0.412 e. The number of rotatable bonds is 3. The average molecular weight is 372 g/mol. The lowest BCUT2D eigenvalue weighted by Crippen LogP contribution is -2.27. The van der Waals surface area contributed by atoms with Crippen LogP contribution in [0.4, 0.5) is 14.9 Å². The van der Waals surface area contributed by atoms with E-state index in [1.165, 1.54) is 18.3 Å². The summed E-state index contributed by atoms with van der Waals surface area (Å²) < 4.78 is 25.0. The van der Waals surface area contributed by atoms with Gasteiger partial charge in [-0.05, 0) is 32.9 Å². The highest BCUT2D eigenvalue weighted by molar-refractivity contribution is 5.85. The van der Waals surface area contributed by atoms with Crippen molar-refractivity contribution < 1.29 is 18.7 Å². The van der Waals surface area contributed by atoms with Gasteiger partial charge in [0, 0.05) is 18.3 Å². The van der Waals surface area contributed by atoms with Gasteiger partial charge in [-0.3, -0.25) is 10.1 Å². The maximum atomic E-state index is 14.3. The number of nitrogens with zero attached hydrogens (tertiary/aromatic N) is 2. The summed E-state index contributed by atoms with van der Waals surface area (Å²) in [5.74, 6) is -0.218. The van der Waals surface area contributed by atoms with E-state index in [9.17, 15) is 14.0 Å². The average Bonchev–Trinajstić information content (AvgIpc) is 2.55. The molecule has 8 nitrogen and oxygen atoms in total. The monoisotopic (exact) mass is 372 g/mol. The summed E-state index contributed by atoms with van der Waals surface area (Å²) in [6, 6.07) is 5.49. The van der Waals surface area contributed by atoms with Crippen LogP contribution >= 0.6 is 0 Å².